The van der Waals surface area contributed by atoms with E-state index in [-0.39, 0.29) is 24.4 Å². The molecule has 0 aliphatic rings. The predicted molar refractivity (Wildman–Crippen MR) is 96.4 cm³/mol. The molecule has 0 atom stereocenters. The molecule has 0 unspecified atom stereocenters. The summed E-state index contributed by atoms with van der Waals surface area (Å²) in [5.41, 5.74) is 0.707. The lowest BCUT2D eigenvalue weighted by molar-refractivity contribution is -0.141. The molecule has 0 aromatic heterocycles. The highest BCUT2D eigenvalue weighted by Gasteiger charge is 2.02. The molecule has 0 saturated heterocycles. The summed E-state index contributed by atoms with van der Waals surface area (Å²) in [5.74, 6) is -2.78. The molecule has 0 aromatic carbocycles. The van der Waals surface area contributed by atoms with Crippen LogP contribution in [0.2, 0.25) is 0 Å². The molecule has 0 fully saturated rings. The van der Waals surface area contributed by atoms with Crippen LogP contribution in [0.1, 0.15) is 27.2 Å². The van der Waals surface area contributed by atoms with Gasteiger partial charge in [0.1, 0.15) is 0 Å². The maximum Gasteiger partial charge on any atom is 0.333 e. The summed E-state index contributed by atoms with van der Waals surface area (Å²) in [7, 11) is 0. The van der Waals surface area contributed by atoms with Gasteiger partial charge in [-0.1, -0.05) is 26.3 Å². The molecule has 146 valence electrons. The molecule has 8 nitrogen and oxygen atoms in total. The minimum Gasteiger partial charge on any atom is -0.478 e. The minimum atomic E-state index is -0.935. The Labute approximate surface area is 153 Å². The molecule has 8 heteroatoms. The van der Waals surface area contributed by atoms with E-state index in [1.807, 2.05) is 0 Å². The van der Waals surface area contributed by atoms with Gasteiger partial charge in [0, 0.05) is 29.2 Å². The second kappa shape index (κ2) is 16.7. The van der Waals surface area contributed by atoms with E-state index >= 15 is 0 Å². The van der Waals surface area contributed by atoms with Crippen molar-refractivity contribution in [1.82, 2.24) is 0 Å². The number of rotatable bonds is 8. The van der Waals surface area contributed by atoms with E-state index < -0.39 is 23.9 Å². The number of carboxylic acid groups (broad SMARTS) is 2. The predicted octanol–water partition coefficient (Wildman–Crippen LogP) is 2.52. The quantitative estimate of drug-likeness (QED) is 0.379. The van der Waals surface area contributed by atoms with Crippen LogP contribution in [-0.4, -0.2) is 47.3 Å². The first-order chi connectivity index (χ1) is 11.9. The number of hydrogen-bond donors (Lipinski definition) is 2. The van der Waals surface area contributed by atoms with Gasteiger partial charge < -0.3 is 19.7 Å². The lowest BCUT2D eigenvalue weighted by atomic mass is 10.4. The van der Waals surface area contributed by atoms with Gasteiger partial charge in [0.2, 0.25) is 0 Å². The van der Waals surface area contributed by atoms with E-state index in [2.05, 4.69) is 31.1 Å². The van der Waals surface area contributed by atoms with Crippen molar-refractivity contribution in [2.24, 2.45) is 0 Å². The average Bonchev–Trinajstić information content (AvgIpc) is 2.54. The molecule has 0 saturated carbocycles. The molecule has 0 aliphatic carbocycles. The van der Waals surface area contributed by atoms with Gasteiger partial charge in [-0.2, -0.15) is 0 Å². The zero-order valence-electron chi connectivity index (χ0n) is 15.4. The third-order valence-electron chi connectivity index (χ3n) is 2.01. The molecule has 0 rings (SSSR count). The summed E-state index contributed by atoms with van der Waals surface area (Å²) in [6, 6.07) is 0. The highest BCUT2D eigenvalue weighted by atomic mass is 16.5. The topological polar surface area (TPSA) is 127 Å². The second-order valence-corrected chi connectivity index (χ2v) is 4.81. The van der Waals surface area contributed by atoms with Crippen LogP contribution in [0.25, 0.3) is 0 Å². The van der Waals surface area contributed by atoms with Crippen LogP contribution in [0.4, 0.5) is 0 Å². The van der Waals surface area contributed by atoms with Gasteiger partial charge in [0.15, 0.2) is 0 Å². The highest BCUT2D eigenvalue weighted by molar-refractivity contribution is 5.87. The Morgan fingerprint density at radius 2 is 1.15 bits per heavy atom. The number of carbonyl (C=O) groups excluding carboxylic acids is 2. The second-order valence-electron chi connectivity index (χ2n) is 4.81. The lowest BCUT2D eigenvalue weighted by Gasteiger charge is -2.04. The lowest BCUT2D eigenvalue weighted by Crippen LogP contribution is -2.09. The Balaban J connectivity index is -0.000000364. The van der Waals surface area contributed by atoms with Crippen molar-refractivity contribution in [3.63, 3.8) is 0 Å². The first kappa shape index (κ1) is 27.7. The van der Waals surface area contributed by atoms with Crippen molar-refractivity contribution in [2.75, 3.05) is 13.2 Å². The number of hydrogen-bond acceptors (Lipinski definition) is 6. The van der Waals surface area contributed by atoms with Gasteiger partial charge in [-0.3, -0.25) is 0 Å². The Morgan fingerprint density at radius 3 is 1.42 bits per heavy atom. The number of ether oxygens (including phenoxy) is 2. The zero-order chi connectivity index (χ0) is 21.3. The SMILES string of the molecule is C=C(C)C(=O)O.C=C(C)C(=O)O.C=CC(=O)OCCCOC(=O)C(=C)C. The first-order valence-corrected chi connectivity index (χ1v) is 7.26. The summed E-state index contributed by atoms with van der Waals surface area (Å²) in [5, 5.41) is 15.8. The van der Waals surface area contributed by atoms with Crippen LogP contribution in [0.3, 0.4) is 0 Å². The van der Waals surface area contributed by atoms with E-state index in [1.54, 1.807) is 6.92 Å². The van der Waals surface area contributed by atoms with Crippen molar-refractivity contribution in [3.05, 3.63) is 49.1 Å². The van der Waals surface area contributed by atoms with E-state index in [0.717, 1.165) is 6.08 Å². The van der Waals surface area contributed by atoms with Crippen molar-refractivity contribution >= 4 is 23.9 Å². The largest absolute Gasteiger partial charge is 0.478 e. The molecule has 0 amide bonds. The van der Waals surface area contributed by atoms with Crippen molar-refractivity contribution in [1.29, 1.82) is 0 Å². The van der Waals surface area contributed by atoms with Crippen molar-refractivity contribution in [3.8, 4) is 0 Å². The summed E-state index contributed by atoms with van der Waals surface area (Å²) in [6.45, 7) is 17.9. The summed E-state index contributed by atoms with van der Waals surface area (Å²) in [4.78, 5) is 40.6. The summed E-state index contributed by atoms with van der Waals surface area (Å²) in [6.07, 6.45) is 1.55. The number of aliphatic carboxylic acids is 2. The Bertz CT molecular complexity index is 510. The van der Waals surface area contributed by atoms with Gasteiger partial charge in [-0.05, 0) is 20.8 Å². The molecule has 0 bridgehead atoms. The first-order valence-electron chi connectivity index (χ1n) is 7.26. The molecular formula is C18H26O8. The van der Waals surface area contributed by atoms with Crippen LogP contribution >= 0.6 is 0 Å². The van der Waals surface area contributed by atoms with Crippen LogP contribution in [0.15, 0.2) is 49.1 Å². The van der Waals surface area contributed by atoms with E-state index in [0.29, 0.717) is 12.0 Å². The van der Waals surface area contributed by atoms with Gasteiger partial charge in [0.05, 0.1) is 13.2 Å². The Morgan fingerprint density at radius 1 is 0.808 bits per heavy atom. The van der Waals surface area contributed by atoms with Crippen molar-refractivity contribution < 1.29 is 38.9 Å². The molecule has 0 aromatic rings. The fourth-order valence-electron chi connectivity index (χ4n) is 0.579. The minimum absolute atomic E-state index is 0.176. The fourth-order valence-corrected chi connectivity index (χ4v) is 0.579. The molecule has 26 heavy (non-hydrogen) atoms. The van der Waals surface area contributed by atoms with E-state index in [9.17, 15) is 19.2 Å². The highest BCUT2D eigenvalue weighted by Crippen LogP contribution is 1.94. The standard InChI is InChI=1S/C10H14O4.2C4H6O2/c1-4-9(11)13-6-5-7-14-10(12)8(2)3;2*1-3(2)4(5)6/h4H,1-2,5-7H2,3H3;2*1H2,2H3,(H,5,6). The maximum absolute atomic E-state index is 10.9. The van der Waals surface area contributed by atoms with Gasteiger partial charge in [0.25, 0.3) is 0 Å². The monoisotopic (exact) mass is 370 g/mol. The van der Waals surface area contributed by atoms with Crippen molar-refractivity contribution in [2.45, 2.75) is 27.2 Å². The normalized spacial score (nSPS) is 8.27. The fraction of sp³-hybridized carbons (Fsp3) is 0.333. The van der Waals surface area contributed by atoms with Crippen LogP contribution in [0.5, 0.6) is 0 Å². The molecule has 2 N–H and O–H groups in total. The van der Waals surface area contributed by atoms with E-state index in [1.165, 1.54) is 13.8 Å². The van der Waals surface area contributed by atoms with Gasteiger partial charge >= 0.3 is 23.9 Å². The number of carbonyl (C=O) groups is 4. The molecule has 0 aliphatic heterocycles. The zero-order valence-corrected chi connectivity index (χ0v) is 15.4. The third-order valence-corrected chi connectivity index (χ3v) is 2.01. The van der Waals surface area contributed by atoms with Crippen LogP contribution < -0.4 is 0 Å². The number of esters is 2. The molecule has 0 heterocycles. The third kappa shape index (κ3) is 23.1. The summed E-state index contributed by atoms with van der Waals surface area (Å²) < 4.78 is 9.43. The van der Waals surface area contributed by atoms with Crippen LogP contribution in [0, 0.1) is 0 Å². The molecular weight excluding hydrogens is 344 g/mol. The molecule has 0 spiro atoms. The van der Waals surface area contributed by atoms with Gasteiger partial charge in [-0.25, -0.2) is 19.2 Å². The molecule has 0 radical (unpaired) electrons. The van der Waals surface area contributed by atoms with E-state index in [4.69, 9.17) is 14.9 Å². The average molecular weight is 370 g/mol. The van der Waals surface area contributed by atoms with Crippen LogP contribution in [-0.2, 0) is 28.7 Å². The van der Waals surface area contributed by atoms with Gasteiger partial charge in [-0.15, -0.1) is 0 Å². The Kier molecular flexibility index (Phi) is 17.8. The number of carboxylic acids is 2. The Hall–Kier alpha value is -3.16. The summed E-state index contributed by atoms with van der Waals surface area (Å²) >= 11 is 0. The maximum atomic E-state index is 10.9. The smallest absolute Gasteiger partial charge is 0.333 e.